The molecule has 2 N–H and O–H groups in total. The van der Waals surface area contributed by atoms with E-state index in [1.54, 1.807) is 12.1 Å². The Labute approximate surface area is 151 Å². The molecule has 0 unspecified atom stereocenters. The number of carbonyl (C=O) groups is 1. The second-order valence-corrected chi connectivity index (χ2v) is 6.13. The van der Waals surface area contributed by atoms with E-state index in [9.17, 15) is 9.18 Å². The Morgan fingerprint density at radius 1 is 1.00 bits per heavy atom. The number of anilines is 3. The Bertz CT molecular complexity index is 892. The molecule has 0 saturated heterocycles. The third-order valence-electron chi connectivity index (χ3n) is 3.87. The summed E-state index contributed by atoms with van der Waals surface area (Å²) < 4.78 is 13.6. The topological polar surface area (TPSA) is 66.9 Å². The van der Waals surface area contributed by atoms with Crippen LogP contribution in [0.4, 0.5) is 21.7 Å². The molecule has 2 aromatic carbocycles. The van der Waals surface area contributed by atoms with Crippen LogP contribution >= 0.6 is 0 Å². The minimum atomic E-state index is -0.495. The van der Waals surface area contributed by atoms with Crippen LogP contribution in [-0.4, -0.2) is 15.9 Å². The number of halogens is 1. The molecular formula is C20H19FN4O. The van der Waals surface area contributed by atoms with Gasteiger partial charge >= 0.3 is 0 Å². The van der Waals surface area contributed by atoms with E-state index >= 15 is 0 Å². The molecular weight excluding hydrogens is 331 g/mol. The summed E-state index contributed by atoms with van der Waals surface area (Å²) in [6.07, 6.45) is 2.79. The highest BCUT2D eigenvalue weighted by Crippen LogP contribution is 2.19. The zero-order valence-corrected chi connectivity index (χ0v) is 14.5. The number of rotatable bonds is 5. The first-order chi connectivity index (χ1) is 12.5. The average molecular weight is 350 g/mol. The number of para-hydroxylation sites is 1. The van der Waals surface area contributed by atoms with Crippen LogP contribution in [0.5, 0.6) is 0 Å². The van der Waals surface area contributed by atoms with Crippen LogP contribution in [0.25, 0.3) is 0 Å². The highest BCUT2D eigenvalue weighted by molar-refractivity contribution is 6.03. The van der Waals surface area contributed by atoms with Crippen molar-refractivity contribution >= 4 is 23.2 Å². The Hall–Kier alpha value is -3.28. The summed E-state index contributed by atoms with van der Waals surface area (Å²) in [5.74, 6) is -0.120. The Kier molecular flexibility index (Phi) is 5.22. The Morgan fingerprint density at radius 3 is 2.27 bits per heavy atom. The summed E-state index contributed by atoms with van der Waals surface area (Å²) in [4.78, 5) is 20.4. The molecule has 0 bridgehead atoms. The van der Waals surface area contributed by atoms with Crippen LogP contribution in [0.2, 0.25) is 0 Å². The maximum Gasteiger partial charge on any atom is 0.258 e. The molecule has 3 rings (SSSR count). The van der Waals surface area contributed by atoms with Crippen LogP contribution in [0.1, 0.15) is 35.7 Å². The average Bonchev–Trinajstić information content (AvgIpc) is 2.64. The molecule has 0 radical (unpaired) electrons. The van der Waals surface area contributed by atoms with Gasteiger partial charge in [0.25, 0.3) is 5.91 Å². The predicted molar refractivity (Wildman–Crippen MR) is 100 cm³/mol. The van der Waals surface area contributed by atoms with Crippen molar-refractivity contribution in [2.75, 3.05) is 10.6 Å². The van der Waals surface area contributed by atoms with Crippen molar-refractivity contribution in [3.05, 3.63) is 77.9 Å². The van der Waals surface area contributed by atoms with Crippen molar-refractivity contribution in [2.45, 2.75) is 19.8 Å². The molecule has 0 aliphatic rings. The molecule has 1 heterocycles. The number of aromatic nitrogens is 2. The minimum Gasteiger partial charge on any atom is -0.324 e. The summed E-state index contributed by atoms with van der Waals surface area (Å²) in [5.41, 5.74) is 2.47. The van der Waals surface area contributed by atoms with Crippen molar-refractivity contribution in [1.29, 1.82) is 0 Å². The SMILES string of the molecule is CC(C)c1ccc(Nc2ncc(C(=O)Nc3ccccc3F)cn2)cc1. The first-order valence-electron chi connectivity index (χ1n) is 8.28. The van der Waals surface area contributed by atoms with E-state index in [0.717, 1.165) is 5.69 Å². The van der Waals surface area contributed by atoms with Gasteiger partial charge in [0.05, 0.1) is 11.3 Å². The van der Waals surface area contributed by atoms with Gasteiger partial charge in [-0.05, 0) is 35.7 Å². The number of nitrogens with one attached hydrogen (secondary N) is 2. The van der Waals surface area contributed by atoms with E-state index < -0.39 is 11.7 Å². The normalized spacial score (nSPS) is 10.6. The number of amides is 1. The zero-order chi connectivity index (χ0) is 18.5. The monoisotopic (exact) mass is 350 g/mol. The second kappa shape index (κ2) is 7.74. The largest absolute Gasteiger partial charge is 0.324 e. The van der Waals surface area contributed by atoms with E-state index in [4.69, 9.17) is 0 Å². The fourth-order valence-electron chi connectivity index (χ4n) is 2.35. The van der Waals surface area contributed by atoms with Gasteiger partial charge in [0, 0.05) is 18.1 Å². The second-order valence-electron chi connectivity index (χ2n) is 6.13. The number of nitrogens with zero attached hydrogens (tertiary/aromatic N) is 2. The lowest BCUT2D eigenvalue weighted by Crippen LogP contribution is -2.14. The molecule has 0 aliphatic heterocycles. The Balaban J connectivity index is 1.66. The lowest BCUT2D eigenvalue weighted by molar-refractivity contribution is 0.102. The molecule has 0 spiro atoms. The van der Waals surface area contributed by atoms with Gasteiger partial charge in [-0.15, -0.1) is 0 Å². The van der Waals surface area contributed by atoms with Crippen LogP contribution in [0.3, 0.4) is 0 Å². The van der Waals surface area contributed by atoms with Crippen LogP contribution in [0.15, 0.2) is 60.9 Å². The molecule has 0 aliphatic carbocycles. The molecule has 3 aromatic rings. The van der Waals surface area contributed by atoms with Gasteiger partial charge in [0.2, 0.25) is 5.95 Å². The van der Waals surface area contributed by atoms with Crippen molar-refractivity contribution < 1.29 is 9.18 Å². The van der Waals surface area contributed by atoms with Crippen molar-refractivity contribution in [3.8, 4) is 0 Å². The fourth-order valence-corrected chi connectivity index (χ4v) is 2.35. The lowest BCUT2D eigenvalue weighted by Gasteiger charge is -2.09. The van der Waals surface area contributed by atoms with E-state index in [1.807, 2.05) is 24.3 Å². The van der Waals surface area contributed by atoms with Crippen LogP contribution in [-0.2, 0) is 0 Å². The molecule has 6 heteroatoms. The predicted octanol–water partition coefficient (Wildman–Crippen LogP) is 4.74. The smallest absolute Gasteiger partial charge is 0.258 e. The third-order valence-corrected chi connectivity index (χ3v) is 3.87. The molecule has 0 saturated carbocycles. The number of benzene rings is 2. The molecule has 1 aromatic heterocycles. The molecule has 0 atom stereocenters. The lowest BCUT2D eigenvalue weighted by atomic mass is 10.0. The van der Waals surface area contributed by atoms with Gasteiger partial charge in [-0.2, -0.15) is 0 Å². The summed E-state index contributed by atoms with van der Waals surface area (Å²) in [6, 6.07) is 14.0. The van der Waals surface area contributed by atoms with E-state index in [2.05, 4.69) is 34.4 Å². The highest BCUT2D eigenvalue weighted by Gasteiger charge is 2.10. The summed E-state index contributed by atoms with van der Waals surface area (Å²) in [5, 5.41) is 5.58. The summed E-state index contributed by atoms with van der Waals surface area (Å²) in [7, 11) is 0. The Morgan fingerprint density at radius 2 is 1.65 bits per heavy atom. The van der Waals surface area contributed by atoms with Gasteiger partial charge in [-0.3, -0.25) is 4.79 Å². The van der Waals surface area contributed by atoms with E-state index in [1.165, 1.54) is 30.1 Å². The standard InChI is InChI=1S/C20H19FN4O/c1-13(2)14-7-9-16(10-8-14)24-20-22-11-15(12-23-20)19(26)25-18-6-4-3-5-17(18)21/h3-13H,1-2H3,(H,25,26)(H,22,23,24). The van der Waals surface area contributed by atoms with Crippen molar-refractivity contribution in [1.82, 2.24) is 9.97 Å². The van der Waals surface area contributed by atoms with Crippen molar-refractivity contribution in [2.24, 2.45) is 0 Å². The van der Waals surface area contributed by atoms with Gasteiger partial charge in [-0.25, -0.2) is 14.4 Å². The molecule has 5 nitrogen and oxygen atoms in total. The zero-order valence-electron chi connectivity index (χ0n) is 14.5. The van der Waals surface area contributed by atoms with Crippen LogP contribution < -0.4 is 10.6 Å². The molecule has 132 valence electrons. The van der Waals surface area contributed by atoms with Gasteiger partial charge in [0.15, 0.2) is 0 Å². The minimum absolute atomic E-state index is 0.116. The molecule has 0 fully saturated rings. The quantitative estimate of drug-likeness (QED) is 0.698. The van der Waals surface area contributed by atoms with Gasteiger partial charge in [0.1, 0.15) is 5.82 Å². The maximum atomic E-state index is 13.6. The fraction of sp³-hybridized carbons (Fsp3) is 0.150. The molecule has 26 heavy (non-hydrogen) atoms. The summed E-state index contributed by atoms with van der Waals surface area (Å²) in [6.45, 7) is 4.27. The van der Waals surface area contributed by atoms with E-state index in [-0.39, 0.29) is 11.3 Å². The van der Waals surface area contributed by atoms with Crippen molar-refractivity contribution in [3.63, 3.8) is 0 Å². The third kappa shape index (κ3) is 4.22. The van der Waals surface area contributed by atoms with Crippen LogP contribution in [0, 0.1) is 5.82 Å². The first-order valence-corrected chi connectivity index (χ1v) is 8.28. The summed E-state index contributed by atoms with van der Waals surface area (Å²) >= 11 is 0. The number of hydrogen-bond donors (Lipinski definition) is 2. The van der Waals surface area contributed by atoms with Gasteiger partial charge in [-0.1, -0.05) is 38.1 Å². The van der Waals surface area contributed by atoms with E-state index in [0.29, 0.717) is 11.9 Å². The maximum absolute atomic E-state index is 13.6. The van der Waals surface area contributed by atoms with Gasteiger partial charge < -0.3 is 10.6 Å². The highest BCUT2D eigenvalue weighted by atomic mass is 19.1. The number of hydrogen-bond acceptors (Lipinski definition) is 4. The first kappa shape index (κ1) is 17.5. The molecule has 1 amide bonds. The number of carbonyl (C=O) groups excluding carboxylic acids is 1.